The molecule has 0 fully saturated rings. The van der Waals surface area contributed by atoms with Gasteiger partial charge >= 0.3 is 0 Å². The summed E-state index contributed by atoms with van der Waals surface area (Å²) in [6.45, 7) is 3.90. The lowest BCUT2D eigenvalue weighted by molar-refractivity contribution is -0.122. The number of rotatable bonds is 7. The molecule has 1 aromatic carbocycles. The smallest absolute Gasteiger partial charge is 0.221 e. The Balaban J connectivity index is 1.95. The topological polar surface area (TPSA) is 55.1 Å². The number of halogens is 1. The Kier molecular flexibility index (Phi) is 5.75. The number of oxazole rings is 1. The first-order valence-electron chi connectivity index (χ1n) is 8.01. The van der Waals surface area contributed by atoms with Gasteiger partial charge in [-0.25, -0.2) is 9.37 Å². The molecule has 0 unspecified atom stereocenters. The SMILES string of the molecule is C#CC(CC)(CC)NC(=O)CCc1ncc(-c2ccc(F)cc2)o1. The third kappa shape index (κ3) is 4.23. The second-order valence-corrected chi connectivity index (χ2v) is 5.61. The van der Waals surface area contributed by atoms with Gasteiger partial charge in [-0.1, -0.05) is 19.8 Å². The molecule has 1 aromatic heterocycles. The van der Waals surface area contributed by atoms with E-state index in [-0.39, 0.29) is 18.1 Å². The van der Waals surface area contributed by atoms with E-state index in [4.69, 9.17) is 10.8 Å². The maximum Gasteiger partial charge on any atom is 0.221 e. The van der Waals surface area contributed by atoms with Crippen molar-refractivity contribution in [3.05, 3.63) is 42.2 Å². The molecule has 2 aromatic rings. The van der Waals surface area contributed by atoms with Gasteiger partial charge in [0.15, 0.2) is 11.7 Å². The maximum absolute atomic E-state index is 12.9. The quantitative estimate of drug-likeness (QED) is 0.788. The number of hydrogen-bond donors (Lipinski definition) is 1. The van der Waals surface area contributed by atoms with Crippen molar-refractivity contribution in [2.45, 2.75) is 45.1 Å². The van der Waals surface area contributed by atoms with Crippen molar-refractivity contribution in [2.75, 3.05) is 0 Å². The van der Waals surface area contributed by atoms with Crippen LogP contribution in [0.4, 0.5) is 4.39 Å². The zero-order valence-electron chi connectivity index (χ0n) is 13.9. The molecule has 0 radical (unpaired) electrons. The number of carbonyl (C=O) groups is 1. The van der Waals surface area contributed by atoms with Gasteiger partial charge in [-0.3, -0.25) is 4.79 Å². The number of aryl methyl sites for hydroxylation is 1. The number of nitrogens with one attached hydrogen (secondary N) is 1. The van der Waals surface area contributed by atoms with Gasteiger partial charge in [-0.2, -0.15) is 0 Å². The van der Waals surface area contributed by atoms with Crippen molar-refractivity contribution < 1.29 is 13.6 Å². The van der Waals surface area contributed by atoms with Crippen molar-refractivity contribution in [3.8, 4) is 23.7 Å². The van der Waals surface area contributed by atoms with Crippen LogP contribution < -0.4 is 5.32 Å². The van der Waals surface area contributed by atoms with E-state index in [1.54, 1.807) is 18.3 Å². The predicted octanol–water partition coefficient (Wildman–Crippen LogP) is 3.72. The number of nitrogens with zero attached hydrogens (tertiary/aromatic N) is 1. The molecule has 0 spiro atoms. The minimum Gasteiger partial charge on any atom is -0.441 e. The van der Waals surface area contributed by atoms with Gasteiger partial charge < -0.3 is 9.73 Å². The van der Waals surface area contributed by atoms with E-state index >= 15 is 0 Å². The Hall–Kier alpha value is -2.61. The third-order valence-electron chi connectivity index (χ3n) is 4.11. The van der Waals surface area contributed by atoms with Crippen molar-refractivity contribution in [2.24, 2.45) is 0 Å². The van der Waals surface area contributed by atoms with Crippen LogP contribution in [0.15, 0.2) is 34.9 Å². The lowest BCUT2D eigenvalue weighted by Crippen LogP contribution is -2.46. The highest BCUT2D eigenvalue weighted by molar-refractivity contribution is 5.77. The van der Waals surface area contributed by atoms with E-state index in [1.807, 2.05) is 13.8 Å². The minimum atomic E-state index is -0.590. The molecule has 0 atom stereocenters. The molecule has 1 N–H and O–H groups in total. The van der Waals surface area contributed by atoms with Crippen LogP contribution in [0, 0.1) is 18.2 Å². The van der Waals surface area contributed by atoms with Gasteiger partial charge in [-0.05, 0) is 37.1 Å². The zero-order valence-corrected chi connectivity index (χ0v) is 13.9. The fraction of sp³-hybridized carbons (Fsp3) is 0.368. The summed E-state index contributed by atoms with van der Waals surface area (Å²) >= 11 is 0. The number of carbonyl (C=O) groups excluding carboxylic acids is 1. The van der Waals surface area contributed by atoms with Crippen LogP contribution in [0.25, 0.3) is 11.3 Å². The summed E-state index contributed by atoms with van der Waals surface area (Å²) in [6.07, 6.45) is 9.09. The van der Waals surface area contributed by atoms with Crippen LogP contribution >= 0.6 is 0 Å². The summed E-state index contributed by atoms with van der Waals surface area (Å²) in [6, 6.07) is 5.96. The molecule has 2 rings (SSSR count). The molecular formula is C19H21FN2O2. The number of amides is 1. The molecule has 1 amide bonds. The van der Waals surface area contributed by atoms with Crippen LogP contribution in [-0.2, 0) is 11.2 Å². The molecule has 0 saturated carbocycles. The van der Waals surface area contributed by atoms with Crippen LogP contribution in [-0.4, -0.2) is 16.4 Å². The summed E-state index contributed by atoms with van der Waals surface area (Å²) < 4.78 is 18.6. The number of terminal acetylenes is 1. The largest absolute Gasteiger partial charge is 0.441 e. The molecule has 24 heavy (non-hydrogen) atoms. The molecule has 0 aliphatic heterocycles. The highest BCUT2D eigenvalue weighted by Gasteiger charge is 2.25. The summed E-state index contributed by atoms with van der Waals surface area (Å²) in [5, 5.41) is 2.91. The van der Waals surface area contributed by atoms with Crippen LogP contribution in [0.3, 0.4) is 0 Å². The molecule has 0 aliphatic carbocycles. The molecule has 126 valence electrons. The fourth-order valence-electron chi connectivity index (χ4n) is 2.39. The Bertz CT molecular complexity index is 725. The van der Waals surface area contributed by atoms with Gasteiger partial charge in [0, 0.05) is 18.4 Å². The minimum absolute atomic E-state index is 0.127. The van der Waals surface area contributed by atoms with E-state index in [2.05, 4.69) is 16.2 Å². The van der Waals surface area contributed by atoms with Gasteiger partial charge in [0.1, 0.15) is 11.4 Å². The van der Waals surface area contributed by atoms with E-state index in [0.29, 0.717) is 30.9 Å². The van der Waals surface area contributed by atoms with E-state index in [0.717, 1.165) is 5.56 Å². The van der Waals surface area contributed by atoms with Crippen LogP contribution in [0.5, 0.6) is 0 Å². The monoisotopic (exact) mass is 328 g/mol. The maximum atomic E-state index is 12.9. The fourth-order valence-corrected chi connectivity index (χ4v) is 2.39. The first kappa shape index (κ1) is 17.7. The van der Waals surface area contributed by atoms with Crippen molar-refractivity contribution in [1.29, 1.82) is 0 Å². The van der Waals surface area contributed by atoms with E-state index in [1.165, 1.54) is 12.1 Å². The van der Waals surface area contributed by atoms with E-state index < -0.39 is 5.54 Å². The van der Waals surface area contributed by atoms with E-state index in [9.17, 15) is 9.18 Å². The Morgan fingerprint density at radius 3 is 2.58 bits per heavy atom. The number of hydrogen-bond acceptors (Lipinski definition) is 3. The molecule has 0 aliphatic rings. The molecule has 5 heteroatoms. The van der Waals surface area contributed by atoms with Gasteiger partial charge in [0.2, 0.25) is 5.91 Å². The lowest BCUT2D eigenvalue weighted by atomic mass is 9.93. The normalized spacial score (nSPS) is 11.1. The standard InChI is InChI=1S/C19H21FN2O2/c1-4-19(5-2,6-3)22-17(23)11-12-18-21-13-16(24-18)14-7-9-15(20)10-8-14/h1,7-10,13H,5-6,11-12H2,2-3H3,(H,22,23). The molecular weight excluding hydrogens is 307 g/mol. The molecule has 0 bridgehead atoms. The first-order valence-corrected chi connectivity index (χ1v) is 8.01. The second kappa shape index (κ2) is 7.78. The summed E-state index contributed by atoms with van der Waals surface area (Å²) in [5.41, 5.74) is 0.148. The summed E-state index contributed by atoms with van der Waals surface area (Å²) in [7, 11) is 0. The first-order chi connectivity index (χ1) is 11.5. The van der Waals surface area contributed by atoms with Gasteiger partial charge in [0.05, 0.1) is 6.20 Å². The second-order valence-electron chi connectivity index (χ2n) is 5.61. The van der Waals surface area contributed by atoms with Crippen LogP contribution in [0.2, 0.25) is 0 Å². The number of benzene rings is 1. The molecule has 1 heterocycles. The zero-order chi connectivity index (χ0) is 17.6. The van der Waals surface area contributed by atoms with Crippen molar-refractivity contribution in [1.82, 2.24) is 10.3 Å². The Morgan fingerprint density at radius 1 is 1.33 bits per heavy atom. The summed E-state index contributed by atoms with van der Waals surface area (Å²) in [5.74, 6) is 3.25. The van der Waals surface area contributed by atoms with Gasteiger partial charge in [-0.15, -0.1) is 6.42 Å². The average Bonchev–Trinajstić information content (AvgIpc) is 3.08. The van der Waals surface area contributed by atoms with Crippen molar-refractivity contribution >= 4 is 5.91 Å². The van der Waals surface area contributed by atoms with Crippen molar-refractivity contribution in [3.63, 3.8) is 0 Å². The summed E-state index contributed by atoms with van der Waals surface area (Å²) in [4.78, 5) is 16.3. The van der Waals surface area contributed by atoms with Gasteiger partial charge in [0.25, 0.3) is 0 Å². The number of aromatic nitrogens is 1. The van der Waals surface area contributed by atoms with Crippen LogP contribution in [0.1, 0.15) is 39.0 Å². The molecule has 4 nitrogen and oxygen atoms in total. The lowest BCUT2D eigenvalue weighted by Gasteiger charge is -2.26. The highest BCUT2D eigenvalue weighted by Crippen LogP contribution is 2.21. The Labute approximate surface area is 141 Å². The molecule has 0 saturated heterocycles. The third-order valence-corrected chi connectivity index (χ3v) is 4.11. The highest BCUT2D eigenvalue weighted by atomic mass is 19.1. The average molecular weight is 328 g/mol. The Morgan fingerprint density at radius 2 is 2.00 bits per heavy atom. The predicted molar refractivity (Wildman–Crippen MR) is 90.5 cm³/mol.